The highest BCUT2D eigenvalue weighted by atomic mass is 16.1. The van der Waals surface area contributed by atoms with Gasteiger partial charge in [0, 0.05) is 23.5 Å². The first kappa shape index (κ1) is 15.0. The maximum absolute atomic E-state index is 12.4. The number of carbonyl (C=O) groups excluding carboxylic acids is 1. The minimum absolute atomic E-state index is 0.117. The van der Waals surface area contributed by atoms with E-state index in [4.69, 9.17) is 0 Å². The summed E-state index contributed by atoms with van der Waals surface area (Å²) in [5.41, 5.74) is 4.52. The SMILES string of the molecule is CCNc1cc(C(=O)Nc2cccc(C)c2C)cc(C)n1. The van der Waals surface area contributed by atoms with Crippen LogP contribution in [-0.2, 0) is 0 Å². The molecule has 0 aliphatic heterocycles. The molecule has 0 aliphatic rings. The van der Waals surface area contributed by atoms with Crippen LogP contribution < -0.4 is 10.6 Å². The van der Waals surface area contributed by atoms with Crippen LogP contribution in [-0.4, -0.2) is 17.4 Å². The van der Waals surface area contributed by atoms with Crippen molar-refractivity contribution in [2.24, 2.45) is 0 Å². The highest BCUT2D eigenvalue weighted by molar-refractivity contribution is 6.05. The van der Waals surface area contributed by atoms with Gasteiger partial charge in [-0.1, -0.05) is 12.1 Å². The van der Waals surface area contributed by atoms with E-state index in [2.05, 4.69) is 15.6 Å². The molecule has 1 aromatic heterocycles. The van der Waals surface area contributed by atoms with Gasteiger partial charge in [0.15, 0.2) is 0 Å². The van der Waals surface area contributed by atoms with Crippen molar-refractivity contribution in [3.8, 4) is 0 Å². The summed E-state index contributed by atoms with van der Waals surface area (Å²) in [5, 5.41) is 6.11. The zero-order chi connectivity index (χ0) is 15.4. The van der Waals surface area contributed by atoms with E-state index in [1.165, 1.54) is 0 Å². The molecule has 0 spiro atoms. The Balaban J connectivity index is 2.26. The van der Waals surface area contributed by atoms with Gasteiger partial charge in [0.1, 0.15) is 5.82 Å². The van der Waals surface area contributed by atoms with E-state index in [-0.39, 0.29) is 5.91 Å². The quantitative estimate of drug-likeness (QED) is 0.899. The third-order valence-corrected chi connectivity index (χ3v) is 3.43. The van der Waals surface area contributed by atoms with Crippen molar-refractivity contribution in [2.45, 2.75) is 27.7 Å². The fourth-order valence-corrected chi connectivity index (χ4v) is 2.15. The highest BCUT2D eigenvalue weighted by Gasteiger charge is 2.10. The zero-order valence-corrected chi connectivity index (χ0v) is 12.9. The highest BCUT2D eigenvalue weighted by Crippen LogP contribution is 2.19. The summed E-state index contributed by atoms with van der Waals surface area (Å²) < 4.78 is 0. The molecule has 4 heteroatoms. The average Bonchev–Trinajstić information content (AvgIpc) is 2.43. The number of aryl methyl sites for hydroxylation is 2. The Labute approximate surface area is 125 Å². The van der Waals surface area contributed by atoms with E-state index in [0.29, 0.717) is 5.56 Å². The molecule has 21 heavy (non-hydrogen) atoms. The second kappa shape index (κ2) is 6.39. The molecule has 1 heterocycles. The van der Waals surface area contributed by atoms with Crippen molar-refractivity contribution in [1.29, 1.82) is 0 Å². The molecule has 110 valence electrons. The predicted molar refractivity (Wildman–Crippen MR) is 87.0 cm³/mol. The van der Waals surface area contributed by atoms with E-state index < -0.39 is 0 Å². The van der Waals surface area contributed by atoms with E-state index in [1.54, 1.807) is 12.1 Å². The topological polar surface area (TPSA) is 54.0 Å². The standard InChI is InChI=1S/C17H21N3O/c1-5-18-16-10-14(9-12(3)19-16)17(21)20-15-8-6-7-11(2)13(15)4/h6-10H,5H2,1-4H3,(H,18,19)(H,20,21). The third kappa shape index (κ3) is 3.60. The number of nitrogens with zero attached hydrogens (tertiary/aromatic N) is 1. The fraction of sp³-hybridized carbons (Fsp3) is 0.294. The number of benzene rings is 1. The number of aromatic nitrogens is 1. The first-order valence-electron chi connectivity index (χ1n) is 7.11. The van der Waals surface area contributed by atoms with Gasteiger partial charge >= 0.3 is 0 Å². The lowest BCUT2D eigenvalue weighted by Gasteiger charge is -2.11. The fourth-order valence-electron chi connectivity index (χ4n) is 2.15. The van der Waals surface area contributed by atoms with Gasteiger partial charge in [-0.15, -0.1) is 0 Å². The van der Waals surface area contributed by atoms with Gasteiger partial charge in [-0.2, -0.15) is 0 Å². The number of nitrogens with one attached hydrogen (secondary N) is 2. The van der Waals surface area contributed by atoms with E-state index in [0.717, 1.165) is 34.9 Å². The van der Waals surface area contributed by atoms with Crippen molar-refractivity contribution in [1.82, 2.24) is 4.98 Å². The van der Waals surface area contributed by atoms with Gasteiger partial charge in [-0.25, -0.2) is 4.98 Å². The lowest BCUT2D eigenvalue weighted by atomic mass is 10.1. The third-order valence-electron chi connectivity index (χ3n) is 3.43. The Morgan fingerprint density at radius 2 is 1.95 bits per heavy atom. The summed E-state index contributed by atoms with van der Waals surface area (Å²) >= 11 is 0. The molecular formula is C17H21N3O. The molecule has 0 radical (unpaired) electrons. The molecule has 2 rings (SSSR count). The Morgan fingerprint density at radius 3 is 2.67 bits per heavy atom. The lowest BCUT2D eigenvalue weighted by molar-refractivity contribution is 0.102. The van der Waals surface area contributed by atoms with Gasteiger partial charge in [-0.05, 0) is 57.0 Å². The van der Waals surface area contributed by atoms with Crippen LogP contribution in [0.2, 0.25) is 0 Å². The maximum Gasteiger partial charge on any atom is 0.255 e. The number of carbonyl (C=O) groups is 1. The van der Waals surface area contributed by atoms with Crippen molar-refractivity contribution in [2.75, 3.05) is 17.2 Å². The molecule has 4 nitrogen and oxygen atoms in total. The molecule has 0 unspecified atom stereocenters. The largest absolute Gasteiger partial charge is 0.370 e. The number of anilines is 2. The molecule has 2 aromatic rings. The lowest BCUT2D eigenvalue weighted by Crippen LogP contribution is -2.14. The van der Waals surface area contributed by atoms with Gasteiger partial charge < -0.3 is 10.6 Å². The normalized spacial score (nSPS) is 10.3. The first-order valence-corrected chi connectivity index (χ1v) is 7.11. The van der Waals surface area contributed by atoms with Crippen molar-refractivity contribution in [3.05, 3.63) is 52.7 Å². The number of amides is 1. The van der Waals surface area contributed by atoms with Crippen LogP contribution in [0.25, 0.3) is 0 Å². The summed E-state index contributed by atoms with van der Waals surface area (Å²) in [7, 11) is 0. The Hall–Kier alpha value is -2.36. The minimum atomic E-state index is -0.117. The molecule has 1 amide bonds. The Kier molecular flexibility index (Phi) is 4.58. The number of hydrogen-bond acceptors (Lipinski definition) is 3. The Bertz CT molecular complexity index is 665. The summed E-state index contributed by atoms with van der Waals surface area (Å²) in [6.07, 6.45) is 0. The number of pyridine rings is 1. The summed E-state index contributed by atoms with van der Waals surface area (Å²) in [6, 6.07) is 9.46. The molecule has 0 bridgehead atoms. The van der Waals surface area contributed by atoms with Crippen LogP contribution in [0, 0.1) is 20.8 Å². The van der Waals surface area contributed by atoms with Crippen molar-refractivity contribution < 1.29 is 4.79 Å². The molecule has 0 atom stereocenters. The van der Waals surface area contributed by atoms with E-state index >= 15 is 0 Å². The van der Waals surface area contributed by atoms with Crippen LogP contribution in [0.4, 0.5) is 11.5 Å². The van der Waals surface area contributed by atoms with E-state index in [9.17, 15) is 4.79 Å². The minimum Gasteiger partial charge on any atom is -0.370 e. The Morgan fingerprint density at radius 1 is 1.19 bits per heavy atom. The van der Waals surface area contributed by atoms with Gasteiger partial charge in [0.05, 0.1) is 0 Å². The molecule has 2 N–H and O–H groups in total. The average molecular weight is 283 g/mol. The van der Waals surface area contributed by atoms with Crippen LogP contribution in [0.1, 0.15) is 34.1 Å². The second-order valence-corrected chi connectivity index (χ2v) is 5.11. The summed E-state index contributed by atoms with van der Waals surface area (Å²) in [5.74, 6) is 0.608. The van der Waals surface area contributed by atoms with E-state index in [1.807, 2.05) is 45.9 Å². The molecule has 0 saturated heterocycles. The molecule has 0 fully saturated rings. The molecule has 1 aromatic carbocycles. The van der Waals surface area contributed by atoms with Crippen LogP contribution in [0.5, 0.6) is 0 Å². The monoisotopic (exact) mass is 283 g/mol. The van der Waals surface area contributed by atoms with Gasteiger partial charge in [0.25, 0.3) is 5.91 Å². The predicted octanol–water partition coefficient (Wildman–Crippen LogP) is 3.69. The number of hydrogen-bond donors (Lipinski definition) is 2. The van der Waals surface area contributed by atoms with Crippen LogP contribution in [0.3, 0.4) is 0 Å². The van der Waals surface area contributed by atoms with Crippen molar-refractivity contribution in [3.63, 3.8) is 0 Å². The molecule has 0 aliphatic carbocycles. The molecular weight excluding hydrogens is 262 g/mol. The number of rotatable bonds is 4. The zero-order valence-electron chi connectivity index (χ0n) is 12.9. The molecule has 0 saturated carbocycles. The second-order valence-electron chi connectivity index (χ2n) is 5.11. The smallest absolute Gasteiger partial charge is 0.255 e. The summed E-state index contributed by atoms with van der Waals surface area (Å²) in [6.45, 7) is 8.70. The van der Waals surface area contributed by atoms with Crippen molar-refractivity contribution >= 4 is 17.4 Å². The van der Waals surface area contributed by atoms with Crippen LogP contribution in [0.15, 0.2) is 30.3 Å². The summed E-state index contributed by atoms with van der Waals surface area (Å²) in [4.78, 5) is 16.8. The van der Waals surface area contributed by atoms with Gasteiger partial charge in [0.2, 0.25) is 0 Å². The van der Waals surface area contributed by atoms with Crippen LogP contribution >= 0.6 is 0 Å². The first-order chi connectivity index (χ1) is 10.0. The maximum atomic E-state index is 12.4. The van der Waals surface area contributed by atoms with Gasteiger partial charge in [-0.3, -0.25) is 4.79 Å².